The van der Waals surface area contributed by atoms with Crippen LogP contribution in [0.15, 0.2) is 75.1 Å². The van der Waals surface area contributed by atoms with Gasteiger partial charge >= 0.3 is 5.97 Å². The Hall–Kier alpha value is -3.63. The predicted octanol–water partition coefficient (Wildman–Crippen LogP) is 4.11. The third-order valence-corrected chi connectivity index (χ3v) is 5.10. The molecule has 1 heterocycles. The lowest BCUT2D eigenvalue weighted by Gasteiger charge is -2.10. The van der Waals surface area contributed by atoms with Crippen LogP contribution in [0.25, 0.3) is 0 Å². The largest absolute Gasteiger partial charge is 0.459 e. The molecule has 0 aliphatic heterocycles. The molecule has 0 radical (unpaired) electrons. The van der Waals surface area contributed by atoms with Gasteiger partial charge in [0, 0.05) is 26.9 Å². The number of nitrogens with one attached hydrogen (secondary N) is 1. The molecule has 158 valence electrons. The summed E-state index contributed by atoms with van der Waals surface area (Å²) >= 11 is 7.03. The van der Waals surface area contributed by atoms with E-state index in [0.29, 0.717) is 9.92 Å². The number of hydrogen-bond acceptors (Lipinski definition) is 8. The third kappa shape index (κ3) is 5.93. The number of nitrogens with zero attached hydrogens (tertiary/aromatic N) is 1. The van der Waals surface area contributed by atoms with Gasteiger partial charge in [0.2, 0.25) is 0 Å². The maximum absolute atomic E-state index is 12.5. The van der Waals surface area contributed by atoms with Gasteiger partial charge in [0.05, 0.1) is 16.7 Å². The van der Waals surface area contributed by atoms with Crippen molar-refractivity contribution in [1.29, 1.82) is 0 Å². The fraction of sp³-hybridized carbons (Fsp3) is 0.0500. The van der Waals surface area contributed by atoms with E-state index < -0.39 is 29.3 Å². The van der Waals surface area contributed by atoms with E-state index in [4.69, 9.17) is 20.8 Å². The number of imide groups is 1. The lowest BCUT2D eigenvalue weighted by molar-refractivity contribution is -0.384. The van der Waals surface area contributed by atoms with Crippen molar-refractivity contribution < 1.29 is 28.5 Å². The number of non-ortho nitro benzene ring substituents is 1. The standard InChI is InChI=1S/C20H13ClN2O7S/c21-12-3-6-14(7-4-12)31-17-8-5-13(23(27)28)10-15(17)20(26)30-11-18(24)22-19(25)16-2-1-9-29-16/h1-10H,11H2,(H,22,24,25). The molecule has 2 aromatic carbocycles. The first kappa shape index (κ1) is 22.1. The highest BCUT2D eigenvalue weighted by Crippen LogP contribution is 2.33. The Bertz CT molecular complexity index is 1130. The van der Waals surface area contributed by atoms with Crippen molar-refractivity contribution in [3.8, 4) is 0 Å². The first-order chi connectivity index (χ1) is 14.8. The van der Waals surface area contributed by atoms with E-state index in [-0.39, 0.29) is 17.0 Å². The van der Waals surface area contributed by atoms with Gasteiger partial charge in [-0.2, -0.15) is 0 Å². The maximum Gasteiger partial charge on any atom is 0.340 e. The van der Waals surface area contributed by atoms with Crippen LogP contribution in [0.2, 0.25) is 5.02 Å². The molecule has 0 bridgehead atoms. The summed E-state index contributed by atoms with van der Waals surface area (Å²) in [5.41, 5.74) is -0.413. The number of furan rings is 1. The van der Waals surface area contributed by atoms with Gasteiger partial charge in [-0.15, -0.1) is 0 Å². The Labute approximate surface area is 184 Å². The Morgan fingerprint density at radius 3 is 2.52 bits per heavy atom. The summed E-state index contributed by atoms with van der Waals surface area (Å²) in [6, 6.07) is 13.3. The zero-order chi connectivity index (χ0) is 22.4. The van der Waals surface area contributed by atoms with Crippen LogP contribution in [0.1, 0.15) is 20.9 Å². The quantitative estimate of drug-likeness (QED) is 0.317. The summed E-state index contributed by atoms with van der Waals surface area (Å²) in [5, 5.41) is 13.6. The molecular weight excluding hydrogens is 448 g/mol. The number of halogens is 1. The van der Waals surface area contributed by atoms with Crippen LogP contribution >= 0.6 is 23.4 Å². The fourth-order valence-corrected chi connectivity index (χ4v) is 3.39. The number of rotatable bonds is 7. The molecule has 3 rings (SSSR count). The van der Waals surface area contributed by atoms with Crippen molar-refractivity contribution in [3.63, 3.8) is 0 Å². The highest BCUT2D eigenvalue weighted by Gasteiger charge is 2.21. The third-order valence-electron chi connectivity index (χ3n) is 3.77. The lowest BCUT2D eigenvalue weighted by Crippen LogP contribution is -2.34. The van der Waals surface area contributed by atoms with Crippen molar-refractivity contribution in [2.75, 3.05) is 6.61 Å². The molecule has 3 aromatic rings. The van der Waals surface area contributed by atoms with Gasteiger partial charge < -0.3 is 9.15 Å². The van der Waals surface area contributed by atoms with Gasteiger partial charge in [-0.1, -0.05) is 23.4 Å². The summed E-state index contributed by atoms with van der Waals surface area (Å²) in [7, 11) is 0. The number of amides is 2. The molecule has 0 unspecified atom stereocenters. The minimum Gasteiger partial charge on any atom is -0.459 e. The number of hydrogen-bond donors (Lipinski definition) is 1. The number of esters is 1. The molecule has 0 spiro atoms. The number of carbonyl (C=O) groups is 3. The molecule has 2 amide bonds. The van der Waals surface area contributed by atoms with Crippen LogP contribution < -0.4 is 5.32 Å². The molecule has 1 aromatic heterocycles. The molecule has 0 atom stereocenters. The molecule has 11 heteroatoms. The molecular formula is C20H13ClN2O7S. The topological polar surface area (TPSA) is 129 Å². The highest BCUT2D eigenvalue weighted by molar-refractivity contribution is 7.99. The number of ether oxygens (including phenoxy) is 1. The zero-order valence-electron chi connectivity index (χ0n) is 15.6. The fourth-order valence-electron chi connectivity index (χ4n) is 2.35. The zero-order valence-corrected chi connectivity index (χ0v) is 17.1. The number of nitro groups is 1. The molecule has 0 saturated heterocycles. The SMILES string of the molecule is O=C(COC(=O)c1cc([N+](=O)[O-])ccc1Sc1ccc(Cl)cc1)NC(=O)c1ccco1. The molecule has 0 aliphatic rings. The van der Waals surface area contributed by atoms with Gasteiger partial charge in [0.25, 0.3) is 17.5 Å². The predicted molar refractivity (Wildman–Crippen MR) is 110 cm³/mol. The molecule has 31 heavy (non-hydrogen) atoms. The molecule has 0 saturated carbocycles. The van der Waals surface area contributed by atoms with E-state index in [2.05, 4.69) is 0 Å². The minimum atomic E-state index is -0.958. The van der Waals surface area contributed by atoms with E-state index in [9.17, 15) is 24.5 Å². The number of carbonyl (C=O) groups excluding carboxylic acids is 3. The monoisotopic (exact) mass is 460 g/mol. The second-order valence-corrected chi connectivity index (χ2v) is 7.48. The van der Waals surface area contributed by atoms with Crippen molar-refractivity contribution in [2.24, 2.45) is 0 Å². The lowest BCUT2D eigenvalue weighted by atomic mass is 10.2. The van der Waals surface area contributed by atoms with Crippen LogP contribution in [0.3, 0.4) is 0 Å². The average molecular weight is 461 g/mol. The van der Waals surface area contributed by atoms with Crippen molar-refractivity contribution in [1.82, 2.24) is 5.32 Å². The van der Waals surface area contributed by atoms with E-state index in [1.807, 2.05) is 5.32 Å². The summed E-state index contributed by atoms with van der Waals surface area (Å²) in [4.78, 5) is 47.8. The van der Waals surface area contributed by atoms with Gasteiger partial charge in [0.1, 0.15) is 0 Å². The van der Waals surface area contributed by atoms with Crippen molar-refractivity contribution in [3.05, 3.63) is 87.3 Å². The Morgan fingerprint density at radius 2 is 1.87 bits per heavy atom. The van der Waals surface area contributed by atoms with Gasteiger partial charge in [-0.3, -0.25) is 25.0 Å². The van der Waals surface area contributed by atoms with E-state index >= 15 is 0 Å². The van der Waals surface area contributed by atoms with E-state index in [0.717, 1.165) is 11.0 Å². The van der Waals surface area contributed by atoms with Gasteiger partial charge in [-0.05, 0) is 42.5 Å². The second-order valence-electron chi connectivity index (χ2n) is 5.92. The summed E-state index contributed by atoms with van der Waals surface area (Å²) in [5.74, 6) is -2.71. The van der Waals surface area contributed by atoms with Crippen molar-refractivity contribution >= 4 is 46.8 Å². The van der Waals surface area contributed by atoms with Crippen LogP contribution in [-0.2, 0) is 9.53 Å². The molecule has 0 aliphatic carbocycles. The maximum atomic E-state index is 12.5. The molecule has 9 nitrogen and oxygen atoms in total. The highest BCUT2D eigenvalue weighted by atomic mass is 35.5. The minimum absolute atomic E-state index is 0.0833. The normalized spacial score (nSPS) is 10.4. The van der Waals surface area contributed by atoms with Crippen LogP contribution in [0.5, 0.6) is 0 Å². The first-order valence-corrected chi connectivity index (χ1v) is 9.79. The van der Waals surface area contributed by atoms with Gasteiger partial charge in [-0.25, -0.2) is 4.79 Å². The van der Waals surface area contributed by atoms with Gasteiger partial charge in [0.15, 0.2) is 12.4 Å². The summed E-state index contributed by atoms with van der Waals surface area (Å²) in [6.45, 7) is -0.765. The molecule has 1 N–H and O–H groups in total. The Morgan fingerprint density at radius 1 is 1.13 bits per heavy atom. The average Bonchev–Trinajstić information content (AvgIpc) is 3.29. The van der Waals surface area contributed by atoms with E-state index in [1.54, 1.807) is 24.3 Å². The second kappa shape index (κ2) is 9.92. The van der Waals surface area contributed by atoms with E-state index in [1.165, 1.54) is 42.3 Å². The van der Waals surface area contributed by atoms with Crippen LogP contribution in [-0.4, -0.2) is 29.3 Å². The Kier molecular flexibility index (Phi) is 7.06. The van der Waals surface area contributed by atoms with Crippen LogP contribution in [0.4, 0.5) is 5.69 Å². The van der Waals surface area contributed by atoms with Crippen molar-refractivity contribution in [2.45, 2.75) is 9.79 Å². The summed E-state index contributed by atoms with van der Waals surface area (Å²) < 4.78 is 9.81. The molecule has 0 fully saturated rings. The summed E-state index contributed by atoms with van der Waals surface area (Å²) in [6.07, 6.45) is 1.27. The first-order valence-electron chi connectivity index (χ1n) is 8.60. The Balaban J connectivity index is 1.72. The number of benzene rings is 2. The number of nitro benzene ring substituents is 1. The smallest absolute Gasteiger partial charge is 0.340 e. The van der Waals surface area contributed by atoms with Crippen LogP contribution in [0, 0.1) is 10.1 Å².